The third-order valence-electron chi connectivity index (χ3n) is 1.63. The first kappa shape index (κ1) is 9.21. The van der Waals surface area contributed by atoms with E-state index in [1.54, 1.807) is 18.6 Å². The average molecular weight is 251 g/mol. The lowest BCUT2D eigenvalue weighted by Crippen LogP contribution is -1.93. The van der Waals surface area contributed by atoms with Gasteiger partial charge in [0.1, 0.15) is 16.1 Å². The molecule has 0 fully saturated rings. The predicted molar refractivity (Wildman–Crippen MR) is 55.5 cm³/mol. The van der Waals surface area contributed by atoms with Crippen molar-refractivity contribution in [1.29, 1.82) is 0 Å². The summed E-state index contributed by atoms with van der Waals surface area (Å²) in [5, 5.41) is 0. The molecule has 0 saturated carbocycles. The molecule has 2 rings (SSSR count). The van der Waals surface area contributed by atoms with E-state index in [9.17, 15) is 0 Å². The Morgan fingerprint density at radius 1 is 1.14 bits per heavy atom. The molecule has 5 heteroatoms. The van der Waals surface area contributed by atoms with Crippen LogP contribution in [0.3, 0.4) is 0 Å². The highest BCUT2D eigenvalue weighted by molar-refractivity contribution is 9.10. The number of hydrogen-bond donors (Lipinski definition) is 0. The van der Waals surface area contributed by atoms with Gasteiger partial charge in [-0.25, -0.2) is 9.97 Å². The molecule has 0 unspecified atom stereocenters. The van der Waals surface area contributed by atoms with Crippen molar-refractivity contribution in [3.8, 4) is 11.4 Å². The first-order valence-electron chi connectivity index (χ1n) is 4.03. The van der Waals surface area contributed by atoms with E-state index in [0.29, 0.717) is 5.82 Å². The van der Waals surface area contributed by atoms with E-state index in [1.165, 1.54) is 0 Å². The summed E-state index contributed by atoms with van der Waals surface area (Å²) in [6.07, 6.45) is 4.95. The van der Waals surface area contributed by atoms with Gasteiger partial charge in [-0.2, -0.15) is 0 Å². The largest absolute Gasteiger partial charge is 0.261 e. The van der Waals surface area contributed by atoms with Crippen molar-refractivity contribution in [3.05, 3.63) is 35.1 Å². The number of aryl methyl sites for hydroxylation is 1. The number of rotatable bonds is 1. The molecule has 0 aliphatic carbocycles. The van der Waals surface area contributed by atoms with Crippen molar-refractivity contribution in [2.45, 2.75) is 6.92 Å². The van der Waals surface area contributed by atoms with Crippen molar-refractivity contribution in [3.63, 3.8) is 0 Å². The van der Waals surface area contributed by atoms with Crippen molar-refractivity contribution < 1.29 is 0 Å². The van der Waals surface area contributed by atoms with E-state index < -0.39 is 0 Å². The summed E-state index contributed by atoms with van der Waals surface area (Å²) in [4.78, 5) is 16.5. The molecule has 0 N–H and O–H groups in total. The molecule has 0 amide bonds. The molecule has 0 aliphatic rings. The van der Waals surface area contributed by atoms with Crippen LogP contribution in [-0.2, 0) is 0 Å². The smallest absolute Gasteiger partial charge is 0.127 e. The summed E-state index contributed by atoms with van der Waals surface area (Å²) in [7, 11) is 0. The van der Waals surface area contributed by atoms with Gasteiger partial charge in [0.15, 0.2) is 0 Å². The zero-order chi connectivity index (χ0) is 9.97. The van der Waals surface area contributed by atoms with Gasteiger partial charge < -0.3 is 0 Å². The summed E-state index contributed by atoms with van der Waals surface area (Å²) in [5.41, 5.74) is 1.52. The monoisotopic (exact) mass is 250 g/mol. The van der Waals surface area contributed by atoms with Crippen LogP contribution >= 0.6 is 15.9 Å². The van der Waals surface area contributed by atoms with Crippen LogP contribution in [0.4, 0.5) is 0 Å². The maximum Gasteiger partial charge on any atom is 0.127 e. The van der Waals surface area contributed by atoms with Crippen molar-refractivity contribution in [1.82, 2.24) is 19.9 Å². The molecule has 0 saturated heterocycles. The van der Waals surface area contributed by atoms with Crippen LogP contribution in [-0.4, -0.2) is 19.9 Å². The van der Waals surface area contributed by atoms with Crippen LogP contribution in [0.15, 0.2) is 29.3 Å². The second-order valence-electron chi connectivity index (χ2n) is 2.71. The van der Waals surface area contributed by atoms with Gasteiger partial charge in [-0.05, 0) is 28.9 Å². The van der Waals surface area contributed by atoms with Crippen molar-refractivity contribution in [2.24, 2.45) is 0 Å². The lowest BCUT2D eigenvalue weighted by atomic mass is 10.3. The predicted octanol–water partition coefficient (Wildman–Crippen LogP) is 2.00. The highest BCUT2D eigenvalue weighted by Crippen LogP contribution is 2.16. The van der Waals surface area contributed by atoms with Crippen LogP contribution in [0.1, 0.15) is 5.82 Å². The van der Waals surface area contributed by atoms with Gasteiger partial charge >= 0.3 is 0 Å². The Morgan fingerprint density at radius 3 is 2.64 bits per heavy atom. The molecule has 0 spiro atoms. The molecule has 2 aromatic heterocycles. The van der Waals surface area contributed by atoms with Crippen LogP contribution in [0.5, 0.6) is 0 Å². The maximum absolute atomic E-state index is 4.26. The van der Waals surface area contributed by atoms with Gasteiger partial charge in [-0.3, -0.25) is 9.97 Å². The Bertz CT molecular complexity index is 424. The fraction of sp³-hybridized carbons (Fsp3) is 0.111. The number of hydrogen-bond acceptors (Lipinski definition) is 4. The van der Waals surface area contributed by atoms with E-state index in [2.05, 4.69) is 35.9 Å². The van der Waals surface area contributed by atoms with E-state index in [0.717, 1.165) is 16.0 Å². The Morgan fingerprint density at radius 2 is 2.00 bits per heavy atom. The highest BCUT2D eigenvalue weighted by atomic mass is 79.9. The minimum Gasteiger partial charge on any atom is -0.261 e. The molecular formula is C9H7BrN4. The molecule has 0 aliphatic heterocycles. The number of aromatic nitrogens is 4. The first-order valence-corrected chi connectivity index (χ1v) is 4.82. The average Bonchev–Trinajstić information content (AvgIpc) is 2.18. The van der Waals surface area contributed by atoms with Gasteiger partial charge in [-0.15, -0.1) is 0 Å². The SMILES string of the molecule is Cc1nc(Br)cc(-c2cnccn2)n1. The van der Waals surface area contributed by atoms with E-state index in [1.807, 2.05) is 13.0 Å². The summed E-state index contributed by atoms with van der Waals surface area (Å²) in [6, 6.07) is 1.82. The van der Waals surface area contributed by atoms with Gasteiger partial charge in [0.25, 0.3) is 0 Å². The highest BCUT2D eigenvalue weighted by Gasteiger charge is 2.03. The summed E-state index contributed by atoms with van der Waals surface area (Å²) in [6.45, 7) is 1.84. The Balaban J connectivity index is 2.52. The zero-order valence-electron chi connectivity index (χ0n) is 7.48. The number of halogens is 1. The van der Waals surface area contributed by atoms with E-state index in [-0.39, 0.29) is 0 Å². The fourth-order valence-electron chi connectivity index (χ4n) is 1.09. The maximum atomic E-state index is 4.26. The topological polar surface area (TPSA) is 51.6 Å². The Hall–Kier alpha value is -1.36. The van der Waals surface area contributed by atoms with Gasteiger partial charge in [0.2, 0.25) is 0 Å². The fourth-order valence-corrected chi connectivity index (χ4v) is 1.57. The quantitative estimate of drug-likeness (QED) is 0.727. The Labute approximate surface area is 89.6 Å². The minimum absolute atomic E-state index is 0.708. The van der Waals surface area contributed by atoms with Gasteiger partial charge in [-0.1, -0.05) is 0 Å². The van der Waals surface area contributed by atoms with Crippen LogP contribution in [0, 0.1) is 6.92 Å². The summed E-state index contributed by atoms with van der Waals surface area (Å²) in [5.74, 6) is 0.708. The third kappa shape index (κ3) is 1.93. The second-order valence-corrected chi connectivity index (χ2v) is 3.53. The standard InChI is InChI=1S/C9H7BrN4/c1-6-13-7(4-9(10)14-6)8-5-11-2-3-12-8/h2-5H,1H3. The third-order valence-corrected chi connectivity index (χ3v) is 2.04. The zero-order valence-corrected chi connectivity index (χ0v) is 9.06. The molecule has 2 heterocycles. The molecule has 0 radical (unpaired) electrons. The molecule has 2 aromatic rings. The first-order chi connectivity index (χ1) is 6.75. The van der Waals surface area contributed by atoms with Crippen LogP contribution in [0.2, 0.25) is 0 Å². The number of nitrogens with zero attached hydrogens (tertiary/aromatic N) is 4. The molecule has 0 bridgehead atoms. The normalized spacial score (nSPS) is 10.1. The summed E-state index contributed by atoms with van der Waals surface area (Å²) < 4.78 is 0.755. The summed E-state index contributed by atoms with van der Waals surface area (Å²) >= 11 is 3.31. The molecule has 0 atom stereocenters. The molecule has 70 valence electrons. The Kier molecular flexibility index (Phi) is 2.49. The molecule has 4 nitrogen and oxygen atoms in total. The van der Waals surface area contributed by atoms with Gasteiger partial charge in [0, 0.05) is 12.4 Å². The lowest BCUT2D eigenvalue weighted by Gasteiger charge is -2.00. The van der Waals surface area contributed by atoms with Crippen molar-refractivity contribution in [2.75, 3.05) is 0 Å². The van der Waals surface area contributed by atoms with Crippen LogP contribution < -0.4 is 0 Å². The molecule has 0 aromatic carbocycles. The van der Waals surface area contributed by atoms with Gasteiger partial charge in [0.05, 0.1) is 11.9 Å². The lowest BCUT2D eigenvalue weighted by molar-refractivity contribution is 1.03. The van der Waals surface area contributed by atoms with E-state index >= 15 is 0 Å². The van der Waals surface area contributed by atoms with E-state index in [4.69, 9.17) is 0 Å². The molecular weight excluding hydrogens is 244 g/mol. The van der Waals surface area contributed by atoms with Crippen molar-refractivity contribution >= 4 is 15.9 Å². The molecule has 14 heavy (non-hydrogen) atoms. The van der Waals surface area contributed by atoms with Crippen LogP contribution in [0.25, 0.3) is 11.4 Å². The second kappa shape index (κ2) is 3.79. The minimum atomic E-state index is 0.708.